The van der Waals surface area contributed by atoms with Gasteiger partial charge in [0.25, 0.3) is 11.9 Å². The number of hydrogen-bond donors (Lipinski definition) is 1. The van der Waals surface area contributed by atoms with E-state index in [1.165, 1.54) is 0 Å². The predicted octanol–water partition coefficient (Wildman–Crippen LogP) is 2.08. The average Bonchev–Trinajstić information content (AvgIpc) is 2.46. The predicted molar refractivity (Wildman–Crippen MR) is 61.5 cm³/mol. The van der Waals surface area contributed by atoms with E-state index in [0.717, 1.165) is 0 Å². The minimum atomic E-state index is -1.29. The van der Waals surface area contributed by atoms with Crippen LogP contribution in [0, 0.1) is 0 Å². The van der Waals surface area contributed by atoms with Gasteiger partial charge in [-0.1, -0.05) is 35.3 Å². The summed E-state index contributed by atoms with van der Waals surface area (Å²) in [6.07, 6.45) is 0. The van der Waals surface area contributed by atoms with E-state index in [9.17, 15) is 4.79 Å². The Morgan fingerprint density at radius 1 is 1.44 bits per heavy atom. The van der Waals surface area contributed by atoms with Gasteiger partial charge in [0.1, 0.15) is 0 Å². The zero-order valence-electron chi connectivity index (χ0n) is 8.33. The molecule has 84 valence electrons. The van der Waals surface area contributed by atoms with Crippen molar-refractivity contribution in [2.24, 2.45) is 10.7 Å². The van der Waals surface area contributed by atoms with E-state index in [-0.39, 0.29) is 11.0 Å². The number of benzene rings is 1. The summed E-state index contributed by atoms with van der Waals surface area (Å²) in [5, 5.41) is 0.618. The molecule has 1 atom stereocenters. The maximum absolute atomic E-state index is 11.7. The summed E-state index contributed by atoms with van der Waals surface area (Å²) in [7, 11) is 0. The number of rotatable bonds is 1. The number of hydrogen-bond acceptors (Lipinski definition) is 3. The maximum atomic E-state index is 11.7. The molecule has 16 heavy (non-hydrogen) atoms. The maximum Gasteiger partial charge on any atom is 0.298 e. The summed E-state index contributed by atoms with van der Waals surface area (Å²) in [5.41, 5.74) is 4.53. The standard InChI is InChI=1S/C10H8Cl2N2O2/c1-10(8(15)14-9(13)16-10)5-3-2-4-6(11)7(5)12/h2-4H,1H3,(H2,13,14,15). The van der Waals surface area contributed by atoms with Crippen molar-refractivity contribution in [2.75, 3.05) is 0 Å². The largest absolute Gasteiger partial charge is 0.444 e. The third-order valence-electron chi connectivity index (χ3n) is 2.39. The lowest BCUT2D eigenvalue weighted by Gasteiger charge is -2.22. The summed E-state index contributed by atoms with van der Waals surface area (Å²) < 4.78 is 5.22. The summed E-state index contributed by atoms with van der Waals surface area (Å²) in [6.45, 7) is 1.55. The minimum Gasteiger partial charge on any atom is -0.444 e. The summed E-state index contributed by atoms with van der Waals surface area (Å²) in [4.78, 5) is 15.2. The van der Waals surface area contributed by atoms with Gasteiger partial charge in [-0.3, -0.25) is 4.79 Å². The lowest BCUT2D eigenvalue weighted by Crippen LogP contribution is -2.32. The topological polar surface area (TPSA) is 64.7 Å². The van der Waals surface area contributed by atoms with E-state index < -0.39 is 11.5 Å². The number of amidine groups is 1. The highest BCUT2D eigenvalue weighted by atomic mass is 35.5. The van der Waals surface area contributed by atoms with Crippen molar-refractivity contribution in [2.45, 2.75) is 12.5 Å². The van der Waals surface area contributed by atoms with Crippen LogP contribution in [0.1, 0.15) is 12.5 Å². The lowest BCUT2D eigenvalue weighted by molar-refractivity contribution is -0.130. The van der Waals surface area contributed by atoms with Gasteiger partial charge in [0.05, 0.1) is 10.0 Å². The Bertz CT molecular complexity index is 502. The fraction of sp³-hybridized carbons (Fsp3) is 0.200. The van der Waals surface area contributed by atoms with Gasteiger partial charge in [0.2, 0.25) is 5.60 Å². The number of halogens is 2. The average molecular weight is 259 g/mol. The minimum absolute atomic E-state index is 0.163. The lowest BCUT2D eigenvalue weighted by atomic mass is 9.95. The van der Waals surface area contributed by atoms with Crippen molar-refractivity contribution < 1.29 is 9.53 Å². The van der Waals surface area contributed by atoms with Gasteiger partial charge in [0, 0.05) is 5.56 Å². The van der Waals surface area contributed by atoms with Crippen molar-refractivity contribution in [3.05, 3.63) is 33.8 Å². The summed E-state index contributed by atoms with van der Waals surface area (Å²) in [5.74, 6) is -0.492. The molecule has 6 heteroatoms. The Kier molecular flexibility index (Phi) is 2.56. The molecule has 4 nitrogen and oxygen atoms in total. The first-order chi connectivity index (χ1) is 7.45. The van der Waals surface area contributed by atoms with Gasteiger partial charge in [-0.25, -0.2) is 0 Å². The molecule has 1 heterocycles. The zero-order chi connectivity index (χ0) is 11.9. The van der Waals surface area contributed by atoms with Gasteiger partial charge in [0.15, 0.2) is 0 Å². The van der Waals surface area contributed by atoms with Crippen LogP contribution in [-0.4, -0.2) is 11.9 Å². The van der Waals surface area contributed by atoms with Gasteiger partial charge < -0.3 is 10.5 Å². The van der Waals surface area contributed by atoms with Crippen LogP contribution in [0.5, 0.6) is 0 Å². The molecule has 1 amide bonds. The normalized spacial score (nSPS) is 24.2. The highest BCUT2D eigenvalue weighted by Gasteiger charge is 2.44. The molecule has 0 spiro atoms. The molecule has 0 saturated heterocycles. The molecule has 0 aliphatic carbocycles. The number of carbonyl (C=O) groups is 1. The SMILES string of the molecule is CC1(c2cccc(Cl)c2Cl)OC(N)=NC1=O. The van der Waals surface area contributed by atoms with E-state index in [1.54, 1.807) is 25.1 Å². The van der Waals surface area contributed by atoms with Gasteiger partial charge in [-0.15, -0.1) is 0 Å². The van der Waals surface area contributed by atoms with Gasteiger partial charge in [-0.2, -0.15) is 4.99 Å². The Morgan fingerprint density at radius 3 is 2.69 bits per heavy atom. The highest BCUT2D eigenvalue weighted by Crippen LogP contribution is 2.38. The molecule has 2 N–H and O–H groups in total. The van der Waals surface area contributed by atoms with Crippen LogP contribution in [0.3, 0.4) is 0 Å². The second-order valence-corrected chi connectivity index (χ2v) is 4.28. The summed E-state index contributed by atoms with van der Waals surface area (Å²) >= 11 is 11.9. The van der Waals surface area contributed by atoms with Crippen LogP contribution < -0.4 is 5.73 Å². The second kappa shape index (κ2) is 3.64. The van der Waals surface area contributed by atoms with E-state index in [4.69, 9.17) is 33.7 Å². The quantitative estimate of drug-likeness (QED) is 0.839. The first kappa shape index (κ1) is 11.2. The number of aliphatic imine (C=N–C) groups is 1. The number of carbonyl (C=O) groups excluding carboxylic acids is 1. The third-order valence-corrected chi connectivity index (χ3v) is 3.21. The van der Waals surface area contributed by atoms with Crippen LogP contribution in [0.4, 0.5) is 0 Å². The molecule has 1 aromatic carbocycles. The third kappa shape index (κ3) is 1.54. The molecule has 0 bridgehead atoms. The van der Waals surface area contributed by atoms with Gasteiger partial charge in [-0.05, 0) is 13.0 Å². The van der Waals surface area contributed by atoms with Gasteiger partial charge >= 0.3 is 0 Å². The van der Waals surface area contributed by atoms with Crippen LogP contribution in [0.15, 0.2) is 23.2 Å². The Balaban J connectivity index is 2.54. The van der Waals surface area contributed by atoms with Crippen molar-refractivity contribution in [3.63, 3.8) is 0 Å². The van der Waals surface area contributed by atoms with E-state index >= 15 is 0 Å². The molecule has 1 aliphatic rings. The molecule has 0 aromatic heterocycles. The molecule has 1 unspecified atom stereocenters. The molecule has 0 radical (unpaired) electrons. The van der Waals surface area contributed by atoms with Crippen LogP contribution in [0.25, 0.3) is 0 Å². The number of nitrogens with two attached hydrogens (primary N) is 1. The first-order valence-electron chi connectivity index (χ1n) is 4.47. The molecule has 2 rings (SSSR count). The zero-order valence-corrected chi connectivity index (χ0v) is 9.84. The van der Waals surface area contributed by atoms with Crippen molar-refractivity contribution in [1.29, 1.82) is 0 Å². The van der Waals surface area contributed by atoms with Crippen molar-refractivity contribution in [1.82, 2.24) is 0 Å². The number of nitrogens with zero attached hydrogens (tertiary/aromatic N) is 1. The van der Waals surface area contributed by atoms with Crippen LogP contribution >= 0.6 is 23.2 Å². The van der Waals surface area contributed by atoms with E-state index in [0.29, 0.717) is 10.6 Å². The molecule has 1 aliphatic heterocycles. The Hall–Kier alpha value is -1.26. The first-order valence-corrected chi connectivity index (χ1v) is 5.23. The van der Waals surface area contributed by atoms with Crippen LogP contribution in [-0.2, 0) is 15.1 Å². The molecule has 1 aromatic rings. The van der Waals surface area contributed by atoms with E-state index in [2.05, 4.69) is 4.99 Å². The van der Waals surface area contributed by atoms with Crippen molar-refractivity contribution in [3.8, 4) is 0 Å². The number of ether oxygens (including phenoxy) is 1. The highest BCUT2D eigenvalue weighted by molar-refractivity contribution is 6.42. The Morgan fingerprint density at radius 2 is 2.12 bits per heavy atom. The molecular formula is C10H8Cl2N2O2. The molecular weight excluding hydrogens is 251 g/mol. The van der Waals surface area contributed by atoms with Crippen molar-refractivity contribution >= 4 is 35.1 Å². The molecule has 0 saturated carbocycles. The Labute approximate surface area is 102 Å². The number of amides is 1. The molecule has 0 fully saturated rings. The van der Waals surface area contributed by atoms with Crippen LogP contribution in [0.2, 0.25) is 10.0 Å². The fourth-order valence-corrected chi connectivity index (χ4v) is 2.01. The fourth-order valence-electron chi connectivity index (χ4n) is 1.52. The summed E-state index contributed by atoms with van der Waals surface area (Å²) in [6, 6.07) is 4.80. The second-order valence-electron chi connectivity index (χ2n) is 3.49. The van der Waals surface area contributed by atoms with E-state index in [1.807, 2.05) is 0 Å². The monoisotopic (exact) mass is 258 g/mol. The smallest absolute Gasteiger partial charge is 0.298 e.